The molecule has 2 amide bonds. The molecule has 2 aromatic rings. The Morgan fingerprint density at radius 3 is 2.33 bits per heavy atom. The molecule has 30 heavy (non-hydrogen) atoms. The van der Waals surface area contributed by atoms with Gasteiger partial charge in [-0.05, 0) is 42.7 Å². The summed E-state index contributed by atoms with van der Waals surface area (Å²) in [5.74, 6) is -0.145. The summed E-state index contributed by atoms with van der Waals surface area (Å²) in [6, 6.07) is 7.45. The molecule has 0 aromatic carbocycles. The Balaban J connectivity index is 1.52. The first kappa shape index (κ1) is 20.5. The molecule has 3 heterocycles. The zero-order valence-corrected chi connectivity index (χ0v) is 17.2. The minimum absolute atomic E-state index is 0.0133. The van der Waals surface area contributed by atoms with Crippen molar-refractivity contribution in [1.82, 2.24) is 19.8 Å². The Morgan fingerprint density at radius 1 is 0.967 bits per heavy atom. The number of nitrogens with zero attached hydrogens (tertiary/aromatic N) is 4. The monoisotopic (exact) mass is 408 g/mol. The van der Waals surface area contributed by atoms with Crippen molar-refractivity contribution in [2.45, 2.75) is 50.9 Å². The van der Waals surface area contributed by atoms with Crippen molar-refractivity contribution in [3.63, 3.8) is 0 Å². The highest BCUT2D eigenvalue weighted by Gasteiger charge is 2.35. The first-order valence-corrected chi connectivity index (χ1v) is 10.7. The zero-order chi connectivity index (χ0) is 20.8. The summed E-state index contributed by atoms with van der Waals surface area (Å²) in [5.41, 5.74) is 1.56. The van der Waals surface area contributed by atoms with Crippen molar-refractivity contribution in [2.24, 2.45) is 0 Å². The van der Waals surface area contributed by atoms with Gasteiger partial charge >= 0.3 is 0 Å². The van der Waals surface area contributed by atoms with Crippen molar-refractivity contribution in [3.05, 3.63) is 60.2 Å². The summed E-state index contributed by atoms with van der Waals surface area (Å²) in [6.07, 6.45) is 12.0. The molecule has 4 rings (SSSR count). The van der Waals surface area contributed by atoms with Crippen LogP contribution in [0, 0.1) is 0 Å². The molecule has 158 valence electrons. The van der Waals surface area contributed by atoms with E-state index < -0.39 is 0 Å². The van der Waals surface area contributed by atoms with Crippen LogP contribution in [-0.4, -0.2) is 63.4 Å². The van der Waals surface area contributed by atoms with Crippen molar-refractivity contribution >= 4 is 11.8 Å². The zero-order valence-electron chi connectivity index (χ0n) is 17.2. The Morgan fingerprint density at radius 2 is 1.63 bits per heavy atom. The maximum absolute atomic E-state index is 13.1. The molecule has 2 aromatic heterocycles. The van der Waals surface area contributed by atoms with Gasteiger partial charge in [-0.15, -0.1) is 0 Å². The van der Waals surface area contributed by atoms with E-state index in [4.69, 9.17) is 4.74 Å². The maximum atomic E-state index is 13.1. The normalized spacial score (nSPS) is 20.8. The van der Waals surface area contributed by atoms with E-state index in [1.165, 1.54) is 6.42 Å². The van der Waals surface area contributed by atoms with Crippen molar-refractivity contribution in [2.75, 3.05) is 19.6 Å². The van der Waals surface area contributed by atoms with Crippen LogP contribution in [0.2, 0.25) is 0 Å². The highest BCUT2D eigenvalue weighted by Crippen LogP contribution is 2.25. The van der Waals surface area contributed by atoms with Gasteiger partial charge in [-0.25, -0.2) is 0 Å². The van der Waals surface area contributed by atoms with Crippen LogP contribution >= 0.6 is 0 Å². The van der Waals surface area contributed by atoms with Crippen molar-refractivity contribution < 1.29 is 14.3 Å². The lowest BCUT2D eigenvalue weighted by Gasteiger charge is -2.34. The summed E-state index contributed by atoms with van der Waals surface area (Å²) >= 11 is 0. The molecule has 2 fully saturated rings. The Labute approximate surface area is 177 Å². The van der Waals surface area contributed by atoms with E-state index in [0.717, 1.165) is 31.2 Å². The van der Waals surface area contributed by atoms with Crippen LogP contribution in [0.25, 0.3) is 0 Å². The molecule has 7 nitrogen and oxygen atoms in total. The number of hydrogen-bond acceptors (Lipinski definition) is 5. The molecule has 1 aliphatic heterocycles. The lowest BCUT2D eigenvalue weighted by Crippen LogP contribution is -2.46. The Bertz CT molecular complexity index is 840. The fourth-order valence-corrected chi connectivity index (χ4v) is 4.32. The van der Waals surface area contributed by atoms with E-state index in [9.17, 15) is 9.59 Å². The second kappa shape index (κ2) is 9.80. The van der Waals surface area contributed by atoms with Gasteiger partial charge in [0.2, 0.25) is 5.91 Å². The molecule has 0 unspecified atom stereocenters. The first-order chi connectivity index (χ1) is 14.7. The number of carbonyl (C=O) groups is 2. The third kappa shape index (κ3) is 5.02. The SMILES string of the molecule is O=C(c1ccncc1)N1CC(=O)N(C2CCCCC2)C[C@@H](OCc2ccncc2)C1. The molecule has 7 heteroatoms. The van der Waals surface area contributed by atoms with Gasteiger partial charge in [-0.1, -0.05) is 19.3 Å². The summed E-state index contributed by atoms with van der Waals surface area (Å²) in [7, 11) is 0. The van der Waals surface area contributed by atoms with E-state index in [1.54, 1.807) is 41.8 Å². The lowest BCUT2D eigenvalue weighted by atomic mass is 9.94. The van der Waals surface area contributed by atoms with Crippen LogP contribution in [0.15, 0.2) is 49.1 Å². The summed E-state index contributed by atoms with van der Waals surface area (Å²) in [4.78, 5) is 37.8. The lowest BCUT2D eigenvalue weighted by molar-refractivity contribution is -0.134. The third-order valence-electron chi connectivity index (χ3n) is 5.94. The predicted octanol–water partition coefficient (Wildman–Crippen LogP) is 2.68. The van der Waals surface area contributed by atoms with E-state index in [0.29, 0.717) is 25.3 Å². The number of hydrogen-bond donors (Lipinski definition) is 0. The van der Waals surface area contributed by atoms with Crippen LogP contribution in [0.1, 0.15) is 48.0 Å². The van der Waals surface area contributed by atoms with Gasteiger partial charge in [-0.3, -0.25) is 19.6 Å². The molecule has 0 spiro atoms. The molecule has 0 radical (unpaired) electrons. The number of carbonyl (C=O) groups excluding carboxylic acids is 2. The minimum atomic E-state index is -0.239. The molecular formula is C23H28N4O3. The molecule has 1 saturated heterocycles. The molecule has 1 saturated carbocycles. The van der Waals surface area contributed by atoms with Gasteiger partial charge in [0, 0.05) is 49.5 Å². The van der Waals surface area contributed by atoms with Crippen molar-refractivity contribution in [1.29, 1.82) is 0 Å². The number of pyridine rings is 2. The predicted molar refractivity (Wildman–Crippen MR) is 112 cm³/mol. The number of amides is 2. The topological polar surface area (TPSA) is 75.6 Å². The van der Waals surface area contributed by atoms with Gasteiger partial charge in [0.25, 0.3) is 5.91 Å². The molecule has 1 aliphatic carbocycles. The van der Waals surface area contributed by atoms with Gasteiger partial charge in [0.1, 0.15) is 6.54 Å². The fourth-order valence-electron chi connectivity index (χ4n) is 4.32. The average molecular weight is 409 g/mol. The molecular weight excluding hydrogens is 380 g/mol. The molecule has 2 aliphatic rings. The highest BCUT2D eigenvalue weighted by molar-refractivity contribution is 5.96. The molecule has 0 bridgehead atoms. The quantitative estimate of drug-likeness (QED) is 0.760. The second-order valence-electron chi connectivity index (χ2n) is 8.05. The fraction of sp³-hybridized carbons (Fsp3) is 0.478. The van der Waals surface area contributed by atoms with Crippen LogP contribution in [0.5, 0.6) is 0 Å². The number of rotatable bonds is 5. The van der Waals surface area contributed by atoms with Crippen LogP contribution in [0.4, 0.5) is 0 Å². The standard InChI is InChI=1S/C23H28N4O3/c28-22-16-26(23(29)19-8-12-25-13-9-19)14-21(30-17-18-6-10-24-11-7-18)15-27(22)20-4-2-1-3-5-20/h6-13,20-21H,1-5,14-17H2/t21-/m0/s1. The van der Waals surface area contributed by atoms with Crippen LogP contribution in [-0.2, 0) is 16.1 Å². The van der Waals surface area contributed by atoms with Gasteiger partial charge in [0.15, 0.2) is 0 Å². The van der Waals surface area contributed by atoms with Crippen LogP contribution < -0.4 is 0 Å². The van der Waals surface area contributed by atoms with Gasteiger partial charge < -0.3 is 14.5 Å². The van der Waals surface area contributed by atoms with E-state index >= 15 is 0 Å². The van der Waals surface area contributed by atoms with Crippen molar-refractivity contribution in [3.8, 4) is 0 Å². The largest absolute Gasteiger partial charge is 0.370 e. The van der Waals surface area contributed by atoms with E-state index in [1.807, 2.05) is 17.0 Å². The number of ether oxygens (including phenoxy) is 1. The minimum Gasteiger partial charge on any atom is -0.370 e. The second-order valence-corrected chi connectivity index (χ2v) is 8.05. The Kier molecular flexibility index (Phi) is 6.69. The first-order valence-electron chi connectivity index (χ1n) is 10.7. The van der Waals surface area contributed by atoms with Gasteiger partial charge in [0.05, 0.1) is 12.7 Å². The van der Waals surface area contributed by atoms with E-state index in [2.05, 4.69) is 9.97 Å². The smallest absolute Gasteiger partial charge is 0.254 e. The number of aromatic nitrogens is 2. The maximum Gasteiger partial charge on any atom is 0.254 e. The average Bonchev–Trinajstić information content (AvgIpc) is 2.98. The summed E-state index contributed by atoms with van der Waals surface area (Å²) in [6.45, 7) is 1.43. The summed E-state index contributed by atoms with van der Waals surface area (Å²) in [5, 5.41) is 0. The highest BCUT2D eigenvalue weighted by atomic mass is 16.5. The summed E-state index contributed by atoms with van der Waals surface area (Å²) < 4.78 is 6.21. The molecule has 0 N–H and O–H groups in total. The van der Waals surface area contributed by atoms with E-state index in [-0.39, 0.29) is 30.5 Å². The third-order valence-corrected chi connectivity index (χ3v) is 5.94. The molecule has 1 atom stereocenters. The van der Waals surface area contributed by atoms with Gasteiger partial charge in [-0.2, -0.15) is 0 Å². The Hall–Kier alpha value is -2.80. The van der Waals surface area contributed by atoms with Crippen LogP contribution in [0.3, 0.4) is 0 Å².